The second-order valence-corrected chi connectivity index (χ2v) is 4.20. The molecule has 1 saturated heterocycles. The second kappa shape index (κ2) is 5.20. The third kappa shape index (κ3) is 3.54. The molecule has 82 valence electrons. The fraction of sp³-hybridized carbons (Fsp3) is 0.900. The van der Waals surface area contributed by atoms with E-state index in [9.17, 15) is 9.90 Å². The number of ether oxygens (including phenoxy) is 1. The number of rotatable bonds is 4. The quantitative estimate of drug-likeness (QED) is 0.744. The van der Waals surface area contributed by atoms with E-state index in [1.165, 1.54) is 0 Å². The molecule has 4 nitrogen and oxygen atoms in total. The summed E-state index contributed by atoms with van der Waals surface area (Å²) in [4.78, 5) is 12.8. The van der Waals surface area contributed by atoms with Crippen LogP contribution in [0.4, 0.5) is 4.79 Å². The molecular weight excluding hydrogens is 182 g/mol. The zero-order valence-corrected chi connectivity index (χ0v) is 8.90. The number of aliphatic hydroxyl groups excluding tert-OH is 1. The average Bonchev–Trinajstić information content (AvgIpc) is 2.07. The van der Waals surface area contributed by atoms with E-state index in [4.69, 9.17) is 4.74 Å². The molecule has 0 aromatic heterocycles. The van der Waals surface area contributed by atoms with Gasteiger partial charge < -0.3 is 14.7 Å². The van der Waals surface area contributed by atoms with Crippen LogP contribution in [0.2, 0.25) is 0 Å². The minimum Gasteiger partial charge on any atom is -0.449 e. The Hall–Kier alpha value is -0.770. The number of amides is 1. The first-order chi connectivity index (χ1) is 6.59. The lowest BCUT2D eigenvalue weighted by atomic mass is 10.1. The predicted octanol–water partition coefficient (Wildman–Crippen LogP) is 1.24. The van der Waals surface area contributed by atoms with Gasteiger partial charge in [0.2, 0.25) is 0 Å². The third-order valence-corrected chi connectivity index (χ3v) is 2.23. The molecule has 4 heteroatoms. The number of hydrogen-bond acceptors (Lipinski definition) is 3. The molecule has 0 aromatic rings. The van der Waals surface area contributed by atoms with Crippen LogP contribution < -0.4 is 0 Å². The molecule has 1 aliphatic rings. The molecular formula is C10H19NO3. The minimum atomic E-state index is -0.430. The van der Waals surface area contributed by atoms with Crippen molar-refractivity contribution in [1.29, 1.82) is 0 Å². The van der Waals surface area contributed by atoms with Gasteiger partial charge in [-0.1, -0.05) is 13.8 Å². The van der Waals surface area contributed by atoms with E-state index in [1.54, 1.807) is 4.90 Å². The van der Waals surface area contributed by atoms with Gasteiger partial charge in [0.15, 0.2) is 0 Å². The maximum Gasteiger partial charge on any atom is 0.409 e. The van der Waals surface area contributed by atoms with Gasteiger partial charge in [-0.25, -0.2) is 4.79 Å². The minimum absolute atomic E-state index is 0.293. The molecule has 1 aliphatic heterocycles. The molecule has 0 radical (unpaired) electrons. The number of nitrogens with zero attached hydrogens (tertiary/aromatic N) is 1. The van der Waals surface area contributed by atoms with Crippen LogP contribution in [0, 0.1) is 5.92 Å². The highest BCUT2D eigenvalue weighted by atomic mass is 16.6. The van der Waals surface area contributed by atoms with Crippen molar-refractivity contribution in [1.82, 2.24) is 4.90 Å². The fourth-order valence-corrected chi connectivity index (χ4v) is 1.64. The van der Waals surface area contributed by atoms with E-state index in [2.05, 4.69) is 13.8 Å². The summed E-state index contributed by atoms with van der Waals surface area (Å²) in [6.07, 6.45) is 0.865. The second-order valence-electron chi connectivity index (χ2n) is 4.20. The van der Waals surface area contributed by atoms with Gasteiger partial charge in [0, 0.05) is 13.1 Å². The van der Waals surface area contributed by atoms with Gasteiger partial charge in [-0.15, -0.1) is 0 Å². The van der Waals surface area contributed by atoms with Crippen LogP contribution in [-0.2, 0) is 4.74 Å². The van der Waals surface area contributed by atoms with Crippen molar-refractivity contribution < 1.29 is 14.6 Å². The van der Waals surface area contributed by atoms with Gasteiger partial charge in [0.1, 0.15) is 0 Å². The van der Waals surface area contributed by atoms with Crippen LogP contribution in [-0.4, -0.2) is 41.9 Å². The van der Waals surface area contributed by atoms with Gasteiger partial charge in [0.25, 0.3) is 0 Å². The van der Waals surface area contributed by atoms with Crippen molar-refractivity contribution in [2.24, 2.45) is 5.92 Å². The molecule has 1 fully saturated rings. The summed E-state index contributed by atoms with van der Waals surface area (Å²) in [5, 5.41) is 9.64. The van der Waals surface area contributed by atoms with Crippen molar-refractivity contribution in [3.63, 3.8) is 0 Å². The zero-order valence-electron chi connectivity index (χ0n) is 8.90. The monoisotopic (exact) mass is 201 g/mol. The van der Waals surface area contributed by atoms with Crippen LogP contribution in [0.25, 0.3) is 0 Å². The molecule has 1 amide bonds. The lowest BCUT2D eigenvalue weighted by Crippen LogP contribution is -2.42. The molecule has 0 aromatic carbocycles. The Bertz CT molecular complexity index is 194. The fourth-order valence-electron chi connectivity index (χ4n) is 1.64. The van der Waals surface area contributed by atoms with Crippen LogP contribution in [0.3, 0.4) is 0 Å². The van der Waals surface area contributed by atoms with Crippen LogP contribution in [0.1, 0.15) is 26.7 Å². The lowest BCUT2D eigenvalue weighted by molar-refractivity contribution is 0.0426. The summed E-state index contributed by atoms with van der Waals surface area (Å²) >= 11 is 0. The summed E-state index contributed by atoms with van der Waals surface area (Å²) < 4.78 is 4.87. The van der Waals surface area contributed by atoms with Gasteiger partial charge in [-0.2, -0.15) is 0 Å². The zero-order chi connectivity index (χ0) is 10.6. The summed E-state index contributed by atoms with van der Waals surface area (Å²) in [6.45, 7) is 5.72. The normalized spacial score (nSPS) is 19.7. The molecule has 14 heavy (non-hydrogen) atoms. The summed E-state index contributed by atoms with van der Waals surface area (Å²) in [7, 11) is 0. The van der Waals surface area contributed by atoms with E-state index < -0.39 is 6.10 Å². The van der Waals surface area contributed by atoms with E-state index >= 15 is 0 Å². The molecule has 0 spiro atoms. The number of β-amino-alcohol motifs (C(OH)–C–C–N with tert-alkyl or cyclic N) is 1. The Kier molecular flexibility index (Phi) is 4.20. The van der Waals surface area contributed by atoms with E-state index in [0.717, 1.165) is 12.8 Å². The van der Waals surface area contributed by atoms with Crippen molar-refractivity contribution in [3.8, 4) is 0 Å². The highest BCUT2D eigenvalue weighted by molar-refractivity contribution is 5.68. The molecule has 1 N–H and O–H groups in total. The Morgan fingerprint density at radius 3 is 2.86 bits per heavy atom. The Morgan fingerprint density at radius 2 is 2.29 bits per heavy atom. The van der Waals surface area contributed by atoms with Gasteiger partial charge in [-0.05, 0) is 18.8 Å². The first kappa shape index (κ1) is 11.3. The Labute approximate surface area is 84.8 Å². The van der Waals surface area contributed by atoms with Crippen LogP contribution in [0.5, 0.6) is 0 Å². The SMILES string of the molecule is CC(C)CC(O)CN1CCCOC1=O. The molecule has 1 unspecified atom stereocenters. The third-order valence-electron chi connectivity index (χ3n) is 2.23. The van der Waals surface area contributed by atoms with E-state index in [0.29, 0.717) is 25.6 Å². The van der Waals surface area contributed by atoms with Crippen molar-refractivity contribution in [3.05, 3.63) is 0 Å². The molecule has 0 saturated carbocycles. The number of carbonyl (C=O) groups is 1. The van der Waals surface area contributed by atoms with Crippen molar-refractivity contribution >= 4 is 6.09 Å². The van der Waals surface area contributed by atoms with Gasteiger partial charge >= 0.3 is 6.09 Å². The smallest absolute Gasteiger partial charge is 0.409 e. The number of aliphatic hydroxyl groups is 1. The van der Waals surface area contributed by atoms with Crippen LogP contribution in [0.15, 0.2) is 0 Å². The van der Waals surface area contributed by atoms with E-state index in [-0.39, 0.29) is 6.09 Å². The molecule has 0 bridgehead atoms. The van der Waals surface area contributed by atoms with E-state index in [1.807, 2.05) is 0 Å². The molecule has 0 aliphatic carbocycles. The Morgan fingerprint density at radius 1 is 1.57 bits per heavy atom. The lowest BCUT2D eigenvalue weighted by Gasteiger charge is -2.28. The summed E-state index contributed by atoms with van der Waals surface area (Å²) in [5.41, 5.74) is 0. The average molecular weight is 201 g/mol. The predicted molar refractivity (Wildman–Crippen MR) is 53.0 cm³/mol. The standard InChI is InChI=1S/C10H19NO3/c1-8(2)6-9(12)7-11-4-3-5-14-10(11)13/h8-9,12H,3-7H2,1-2H3. The first-order valence-corrected chi connectivity index (χ1v) is 5.19. The van der Waals surface area contributed by atoms with Crippen molar-refractivity contribution in [2.75, 3.05) is 19.7 Å². The van der Waals surface area contributed by atoms with Crippen molar-refractivity contribution in [2.45, 2.75) is 32.8 Å². The number of carbonyl (C=O) groups excluding carboxylic acids is 1. The number of hydrogen-bond donors (Lipinski definition) is 1. The maximum atomic E-state index is 11.2. The topological polar surface area (TPSA) is 49.8 Å². The maximum absolute atomic E-state index is 11.2. The molecule has 1 heterocycles. The number of cyclic esters (lactones) is 1. The first-order valence-electron chi connectivity index (χ1n) is 5.19. The highest BCUT2D eigenvalue weighted by Gasteiger charge is 2.22. The Balaban J connectivity index is 2.30. The molecule has 1 rings (SSSR count). The largest absolute Gasteiger partial charge is 0.449 e. The van der Waals surface area contributed by atoms with Crippen LogP contribution >= 0.6 is 0 Å². The highest BCUT2D eigenvalue weighted by Crippen LogP contribution is 2.10. The summed E-state index contributed by atoms with van der Waals surface area (Å²) in [5.74, 6) is 0.450. The van der Waals surface area contributed by atoms with Gasteiger partial charge in [-0.3, -0.25) is 0 Å². The molecule has 1 atom stereocenters. The summed E-state index contributed by atoms with van der Waals surface area (Å²) in [6, 6.07) is 0. The van der Waals surface area contributed by atoms with Gasteiger partial charge in [0.05, 0.1) is 12.7 Å².